The molecule has 1 unspecified atom stereocenters. The summed E-state index contributed by atoms with van der Waals surface area (Å²) in [5.41, 5.74) is 7.90. The molecular weight excluding hydrogens is 366 g/mol. The first kappa shape index (κ1) is 19.9. The molecule has 0 radical (unpaired) electrons. The maximum Gasteiger partial charge on any atom is 0.410 e. The molecule has 152 valence electrons. The second-order valence-electron chi connectivity index (χ2n) is 8.15. The number of hydrogen-bond donors (Lipinski definition) is 0. The fraction of sp³-hybridized carbons (Fsp3) is 0.765. The Morgan fingerprint density at radius 2 is 2.07 bits per heavy atom. The number of rotatable bonds is 4. The quantitative estimate of drug-likeness (QED) is 0.439. The molecule has 11 nitrogen and oxygen atoms in total. The van der Waals surface area contributed by atoms with Gasteiger partial charge in [-0.25, -0.2) is 4.79 Å². The molecule has 3 heterocycles. The molecule has 0 aromatic carbocycles. The molecule has 0 N–H and O–H groups in total. The van der Waals surface area contributed by atoms with Crippen molar-refractivity contribution in [2.24, 2.45) is 11.0 Å². The molecule has 2 saturated heterocycles. The van der Waals surface area contributed by atoms with E-state index in [1.54, 1.807) is 4.90 Å². The molecule has 0 aliphatic carbocycles. The minimum absolute atomic E-state index is 0.0385. The van der Waals surface area contributed by atoms with E-state index in [1.165, 1.54) is 4.90 Å². The summed E-state index contributed by atoms with van der Waals surface area (Å²) >= 11 is 0. The van der Waals surface area contributed by atoms with Gasteiger partial charge in [-0.05, 0) is 45.1 Å². The molecule has 2 aliphatic rings. The molecule has 11 heteroatoms. The number of anilines is 1. The highest BCUT2D eigenvalue weighted by Crippen LogP contribution is 2.31. The summed E-state index contributed by atoms with van der Waals surface area (Å²) < 4.78 is 11.2. The van der Waals surface area contributed by atoms with Crippen LogP contribution < -0.4 is 4.90 Å². The van der Waals surface area contributed by atoms with Crippen LogP contribution in [-0.2, 0) is 9.53 Å². The second-order valence-corrected chi connectivity index (χ2v) is 8.15. The largest absolute Gasteiger partial charge is 0.444 e. The van der Waals surface area contributed by atoms with Crippen molar-refractivity contribution in [1.29, 1.82) is 0 Å². The molecule has 28 heavy (non-hydrogen) atoms. The van der Waals surface area contributed by atoms with Crippen LogP contribution in [0.2, 0.25) is 0 Å². The summed E-state index contributed by atoms with van der Waals surface area (Å²) in [5, 5.41) is 11.7. The van der Waals surface area contributed by atoms with Crippen LogP contribution in [0.3, 0.4) is 0 Å². The van der Waals surface area contributed by atoms with Crippen molar-refractivity contribution in [1.82, 2.24) is 15.1 Å². The van der Waals surface area contributed by atoms with Gasteiger partial charge >= 0.3 is 12.1 Å². The van der Waals surface area contributed by atoms with E-state index in [0.29, 0.717) is 44.8 Å². The van der Waals surface area contributed by atoms with Crippen molar-refractivity contribution >= 4 is 18.0 Å². The number of amides is 2. The number of ether oxygens (including phenoxy) is 1. The first-order chi connectivity index (χ1) is 13.3. The smallest absolute Gasteiger partial charge is 0.410 e. The minimum atomic E-state index is -0.520. The van der Waals surface area contributed by atoms with Crippen LogP contribution in [0.15, 0.2) is 9.53 Å². The Hall–Kier alpha value is -2.81. The Morgan fingerprint density at radius 1 is 1.36 bits per heavy atom. The van der Waals surface area contributed by atoms with E-state index < -0.39 is 5.60 Å². The highest BCUT2D eigenvalue weighted by atomic mass is 16.6. The maximum absolute atomic E-state index is 12.2. The van der Waals surface area contributed by atoms with E-state index in [0.717, 1.165) is 0 Å². The number of hydrogen-bond acceptors (Lipinski definition) is 7. The zero-order valence-corrected chi connectivity index (χ0v) is 16.4. The summed E-state index contributed by atoms with van der Waals surface area (Å²) in [6.07, 6.45) is 1.36. The van der Waals surface area contributed by atoms with Crippen molar-refractivity contribution in [2.45, 2.75) is 51.6 Å². The summed E-state index contributed by atoms with van der Waals surface area (Å²) in [5.74, 6) is 0.352. The van der Waals surface area contributed by atoms with Gasteiger partial charge in [0.15, 0.2) is 0 Å². The molecule has 2 amide bonds. The molecule has 2 aliphatic heterocycles. The van der Waals surface area contributed by atoms with Gasteiger partial charge in [0.1, 0.15) is 5.60 Å². The third-order valence-corrected chi connectivity index (χ3v) is 4.76. The van der Waals surface area contributed by atoms with Crippen molar-refractivity contribution in [2.75, 3.05) is 31.1 Å². The second kappa shape index (κ2) is 8.05. The molecule has 3 rings (SSSR count). The maximum atomic E-state index is 12.2. The average Bonchev–Trinajstić information content (AvgIpc) is 3.25. The molecule has 1 aromatic rings. The lowest BCUT2D eigenvalue weighted by atomic mass is 9.97. The predicted molar refractivity (Wildman–Crippen MR) is 98.6 cm³/mol. The van der Waals surface area contributed by atoms with Gasteiger partial charge in [0, 0.05) is 43.4 Å². The number of aromatic nitrogens is 2. The molecule has 0 bridgehead atoms. The van der Waals surface area contributed by atoms with Crippen molar-refractivity contribution in [3.8, 4) is 0 Å². The third kappa shape index (κ3) is 4.72. The highest BCUT2D eigenvalue weighted by Gasteiger charge is 2.35. The van der Waals surface area contributed by atoms with Gasteiger partial charge in [0.05, 0.1) is 0 Å². The van der Waals surface area contributed by atoms with Gasteiger partial charge in [0.25, 0.3) is 0 Å². The monoisotopic (exact) mass is 391 g/mol. The normalized spacial score (nSPS) is 21.0. The van der Waals surface area contributed by atoms with Crippen molar-refractivity contribution < 1.29 is 18.7 Å². The van der Waals surface area contributed by atoms with Crippen LogP contribution in [0, 0.1) is 5.92 Å². The number of likely N-dealkylation sites (tertiary alicyclic amines) is 1. The van der Waals surface area contributed by atoms with Crippen molar-refractivity contribution in [3.63, 3.8) is 0 Å². The molecule has 0 saturated carbocycles. The summed E-state index contributed by atoms with van der Waals surface area (Å²) in [6, 6.07) is 0.179. The Labute approximate surface area is 162 Å². The van der Waals surface area contributed by atoms with E-state index in [2.05, 4.69) is 20.2 Å². The highest BCUT2D eigenvalue weighted by molar-refractivity contribution is 5.93. The average molecular weight is 391 g/mol. The fourth-order valence-electron chi connectivity index (χ4n) is 3.38. The number of carbonyl (C=O) groups excluding carboxylic acids is 2. The van der Waals surface area contributed by atoms with Gasteiger partial charge in [-0.1, -0.05) is 10.2 Å². The first-order valence-corrected chi connectivity index (χ1v) is 9.39. The standard InChI is InChI=1S/C17H25N7O4/c1-17(2,3)28-16(26)23-6-4-12(5-7-23)14-20-21-15(27-14)24-10-11(8-13(24)25)9-19-22-18/h11-12H,4-10H2,1-3H3. The fourth-order valence-corrected chi connectivity index (χ4v) is 3.38. The predicted octanol–water partition coefficient (Wildman–Crippen LogP) is 2.85. The van der Waals surface area contributed by atoms with E-state index in [1.807, 2.05) is 20.8 Å². The van der Waals surface area contributed by atoms with E-state index >= 15 is 0 Å². The lowest BCUT2D eigenvalue weighted by molar-refractivity contribution is -0.117. The van der Waals surface area contributed by atoms with E-state index in [9.17, 15) is 9.59 Å². The van der Waals surface area contributed by atoms with Crippen LogP contribution in [0.25, 0.3) is 10.4 Å². The van der Waals surface area contributed by atoms with E-state index in [4.69, 9.17) is 14.7 Å². The Balaban J connectivity index is 1.56. The van der Waals surface area contributed by atoms with Crippen LogP contribution in [0.4, 0.5) is 10.8 Å². The van der Waals surface area contributed by atoms with Crippen LogP contribution in [0.1, 0.15) is 51.8 Å². The summed E-state index contributed by atoms with van der Waals surface area (Å²) in [6.45, 7) is 7.29. The lowest BCUT2D eigenvalue weighted by Crippen LogP contribution is -2.41. The number of azide groups is 1. The van der Waals surface area contributed by atoms with Crippen LogP contribution >= 0.6 is 0 Å². The number of piperidine rings is 1. The first-order valence-electron chi connectivity index (χ1n) is 9.39. The van der Waals surface area contributed by atoms with Crippen molar-refractivity contribution in [3.05, 3.63) is 16.3 Å². The van der Waals surface area contributed by atoms with Crippen LogP contribution in [0.5, 0.6) is 0 Å². The summed E-state index contributed by atoms with van der Waals surface area (Å²) in [7, 11) is 0. The Bertz CT molecular complexity index is 773. The van der Waals surface area contributed by atoms with Gasteiger partial charge in [-0.15, -0.1) is 5.10 Å². The lowest BCUT2D eigenvalue weighted by Gasteiger charge is -2.32. The van der Waals surface area contributed by atoms with Crippen LogP contribution in [-0.4, -0.2) is 58.9 Å². The van der Waals surface area contributed by atoms with E-state index in [-0.39, 0.29) is 36.4 Å². The topological polar surface area (TPSA) is 138 Å². The van der Waals surface area contributed by atoms with Gasteiger partial charge in [-0.2, -0.15) is 0 Å². The van der Waals surface area contributed by atoms with Gasteiger partial charge in [0.2, 0.25) is 11.8 Å². The number of nitrogens with zero attached hydrogens (tertiary/aromatic N) is 7. The minimum Gasteiger partial charge on any atom is -0.444 e. The summed E-state index contributed by atoms with van der Waals surface area (Å²) in [4.78, 5) is 30.2. The SMILES string of the molecule is CC(C)(C)OC(=O)N1CCC(c2nnc(N3CC(CN=[N+]=[N-])CC3=O)o2)CC1. The zero-order chi connectivity index (χ0) is 20.3. The van der Waals surface area contributed by atoms with Gasteiger partial charge in [-0.3, -0.25) is 9.69 Å². The molecule has 2 fully saturated rings. The molecule has 1 atom stereocenters. The van der Waals surface area contributed by atoms with Gasteiger partial charge < -0.3 is 14.1 Å². The molecular formula is C17H25N7O4. The number of carbonyl (C=O) groups is 2. The Kier molecular flexibility index (Phi) is 5.73. The third-order valence-electron chi connectivity index (χ3n) is 4.76. The Morgan fingerprint density at radius 3 is 2.71 bits per heavy atom. The zero-order valence-electron chi connectivity index (χ0n) is 16.4. The molecule has 0 spiro atoms. The molecule has 1 aromatic heterocycles.